The summed E-state index contributed by atoms with van der Waals surface area (Å²) in [6.07, 6.45) is 4.91. The summed E-state index contributed by atoms with van der Waals surface area (Å²) in [6.45, 7) is 3.78. The Morgan fingerprint density at radius 2 is 1.77 bits per heavy atom. The Morgan fingerprint density at radius 1 is 1.12 bits per heavy atom. The van der Waals surface area contributed by atoms with E-state index >= 15 is 0 Å². The SMILES string of the molecule is CC(C)C[C@@](B(O)O)(N1C=CN=CC1)N(C=O)C(=O)[C@H](Cc1ccccc1)NC(=O)[C@@H](N)Cc1ccc(O)cc1. The van der Waals surface area contributed by atoms with Gasteiger partial charge in [0.05, 0.1) is 12.6 Å². The van der Waals surface area contributed by atoms with Crippen molar-refractivity contribution in [1.82, 2.24) is 15.1 Å². The van der Waals surface area contributed by atoms with E-state index in [1.165, 1.54) is 35.6 Å². The lowest BCUT2D eigenvalue weighted by Gasteiger charge is -2.49. The molecule has 3 atom stereocenters. The van der Waals surface area contributed by atoms with Gasteiger partial charge in [0.1, 0.15) is 11.8 Å². The minimum atomic E-state index is -2.13. The van der Waals surface area contributed by atoms with Crippen molar-refractivity contribution in [1.29, 1.82) is 0 Å². The van der Waals surface area contributed by atoms with Gasteiger partial charge in [-0.05, 0) is 42.0 Å². The summed E-state index contributed by atoms with van der Waals surface area (Å²) < 4.78 is 0. The van der Waals surface area contributed by atoms with E-state index in [1.807, 2.05) is 19.9 Å². The predicted octanol–water partition coefficient (Wildman–Crippen LogP) is 0.587. The molecule has 1 heterocycles. The minimum absolute atomic E-state index is 0.0261. The van der Waals surface area contributed by atoms with Crippen molar-refractivity contribution in [3.8, 4) is 5.75 Å². The van der Waals surface area contributed by atoms with E-state index in [-0.39, 0.29) is 43.9 Å². The van der Waals surface area contributed by atoms with E-state index < -0.39 is 36.6 Å². The number of phenols is 1. The lowest BCUT2D eigenvalue weighted by molar-refractivity contribution is -0.152. The van der Waals surface area contributed by atoms with E-state index in [0.29, 0.717) is 11.1 Å². The summed E-state index contributed by atoms with van der Waals surface area (Å²) in [5, 5.41) is 33.6. The second-order valence-corrected chi connectivity index (χ2v) is 10.2. The highest BCUT2D eigenvalue weighted by Crippen LogP contribution is 2.31. The third-order valence-corrected chi connectivity index (χ3v) is 6.72. The number of nitrogens with two attached hydrogens (primary N) is 1. The number of imide groups is 1. The van der Waals surface area contributed by atoms with E-state index in [0.717, 1.165) is 4.90 Å². The first kappa shape index (κ1) is 30.5. The zero-order valence-electron chi connectivity index (χ0n) is 22.6. The van der Waals surface area contributed by atoms with Crippen LogP contribution in [0, 0.1) is 5.92 Å². The third kappa shape index (κ3) is 7.35. The molecule has 0 spiro atoms. The first-order valence-corrected chi connectivity index (χ1v) is 13.1. The smallest absolute Gasteiger partial charge is 0.501 e. The molecular weight excluding hydrogens is 513 g/mol. The molecule has 1 aliphatic heterocycles. The molecule has 11 nitrogen and oxygen atoms in total. The lowest BCUT2D eigenvalue weighted by Crippen LogP contribution is -2.72. The van der Waals surface area contributed by atoms with Crippen LogP contribution in [0.1, 0.15) is 31.4 Å². The average Bonchev–Trinajstić information content (AvgIpc) is 2.94. The number of aliphatic imine (C=N–C) groups is 1. The van der Waals surface area contributed by atoms with Gasteiger partial charge in [0, 0.05) is 25.0 Å². The maximum Gasteiger partial charge on any atom is 0.501 e. The molecule has 6 N–H and O–H groups in total. The Kier molecular flexibility index (Phi) is 10.6. The highest BCUT2D eigenvalue weighted by molar-refractivity contribution is 6.46. The zero-order valence-corrected chi connectivity index (χ0v) is 22.6. The van der Waals surface area contributed by atoms with Gasteiger partial charge in [-0.15, -0.1) is 0 Å². The van der Waals surface area contributed by atoms with Crippen LogP contribution < -0.4 is 11.1 Å². The summed E-state index contributed by atoms with van der Waals surface area (Å²) in [4.78, 5) is 46.2. The Hall–Kier alpha value is -4.00. The van der Waals surface area contributed by atoms with Gasteiger partial charge < -0.3 is 31.1 Å². The van der Waals surface area contributed by atoms with Gasteiger partial charge in [-0.1, -0.05) is 56.3 Å². The number of benzene rings is 2. The maximum atomic E-state index is 14.1. The van der Waals surface area contributed by atoms with E-state index in [2.05, 4.69) is 10.3 Å². The Morgan fingerprint density at radius 3 is 2.33 bits per heavy atom. The molecule has 1 aliphatic rings. The van der Waals surface area contributed by atoms with Crippen molar-refractivity contribution in [3.05, 3.63) is 78.1 Å². The molecule has 40 heavy (non-hydrogen) atoms. The molecule has 3 rings (SSSR count). The number of aromatic hydroxyl groups is 1. The standard InChI is InChI=1S/C28H36BN5O6/c1-20(2)18-28(29(39)40,33-14-12-31-13-15-33)34(19-35)27(38)25(17-21-6-4-3-5-7-21)32-26(37)24(30)16-22-8-10-23(36)11-9-22/h3-14,19-20,24-25,36,39-40H,15-18,30H2,1-2H3,(H,32,37)/t24-,25-,28+/m0/s1. The number of hydrogen-bond donors (Lipinski definition) is 5. The first-order chi connectivity index (χ1) is 19.1. The van der Waals surface area contributed by atoms with Gasteiger partial charge in [0.15, 0.2) is 5.56 Å². The Bertz CT molecular complexity index is 1210. The molecule has 0 saturated carbocycles. The van der Waals surface area contributed by atoms with Crippen molar-refractivity contribution in [2.24, 2.45) is 16.6 Å². The van der Waals surface area contributed by atoms with Crippen LogP contribution in [0.5, 0.6) is 5.75 Å². The van der Waals surface area contributed by atoms with Crippen molar-refractivity contribution in [2.45, 2.75) is 50.8 Å². The largest absolute Gasteiger partial charge is 0.508 e. The van der Waals surface area contributed by atoms with Crippen LogP contribution >= 0.6 is 0 Å². The van der Waals surface area contributed by atoms with Gasteiger partial charge in [-0.2, -0.15) is 0 Å². The van der Waals surface area contributed by atoms with Crippen molar-refractivity contribution >= 4 is 31.6 Å². The molecule has 0 bridgehead atoms. The van der Waals surface area contributed by atoms with Gasteiger partial charge in [0.25, 0.3) is 5.91 Å². The molecule has 0 saturated heterocycles. The highest BCUT2D eigenvalue weighted by atomic mass is 16.4. The second kappa shape index (κ2) is 13.9. The quantitative estimate of drug-likeness (QED) is 0.179. The average molecular weight is 549 g/mol. The van der Waals surface area contributed by atoms with Gasteiger partial charge in [-0.3, -0.25) is 24.3 Å². The number of hydrogen-bond acceptors (Lipinski definition) is 9. The molecule has 0 aliphatic carbocycles. The zero-order chi connectivity index (χ0) is 29.3. The molecular formula is C28H36BN5O6. The number of phenolic OH excluding ortho intramolecular Hbond substituents is 1. The number of carbonyl (C=O) groups excluding carboxylic acids is 3. The summed E-state index contributed by atoms with van der Waals surface area (Å²) >= 11 is 0. The first-order valence-electron chi connectivity index (χ1n) is 13.1. The molecule has 0 radical (unpaired) electrons. The van der Waals surface area contributed by atoms with Crippen LogP contribution in [0.25, 0.3) is 0 Å². The molecule has 12 heteroatoms. The second-order valence-electron chi connectivity index (χ2n) is 10.2. The summed E-state index contributed by atoms with van der Waals surface area (Å²) in [5.74, 6) is -1.54. The molecule has 3 amide bonds. The number of amides is 3. The van der Waals surface area contributed by atoms with Gasteiger partial charge in [0.2, 0.25) is 12.3 Å². The van der Waals surface area contributed by atoms with E-state index in [9.17, 15) is 29.5 Å². The summed E-state index contributed by atoms with van der Waals surface area (Å²) in [5.41, 5.74) is 5.72. The van der Waals surface area contributed by atoms with Gasteiger partial charge in [-0.25, -0.2) is 0 Å². The van der Waals surface area contributed by atoms with Crippen LogP contribution in [0.2, 0.25) is 0 Å². The maximum absolute atomic E-state index is 14.1. The topological polar surface area (TPSA) is 169 Å². The molecule has 0 unspecified atom stereocenters. The normalized spacial score (nSPS) is 15.7. The molecule has 0 aromatic heterocycles. The van der Waals surface area contributed by atoms with Crippen LogP contribution in [0.15, 0.2) is 72.0 Å². The van der Waals surface area contributed by atoms with Crippen LogP contribution in [0.3, 0.4) is 0 Å². The minimum Gasteiger partial charge on any atom is -0.508 e. The molecule has 212 valence electrons. The molecule has 2 aromatic carbocycles. The summed E-state index contributed by atoms with van der Waals surface area (Å²) in [6, 6.07) is 12.9. The lowest BCUT2D eigenvalue weighted by atomic mass is 9.65. The van der Waals surface area contributed by atoms with E-state index in [1.54, 1.807) is 36.4 Å². The number of nitrogens with one attached hydrogen (secondary N) is 1. The third-order valence-electron chi connectivity index (χ3n) is 6.72. The summed E-state index contributed by atoms with van der Waals surface area (Å²) in [7, 11) is -2.13. The van der Waals surface area contributed by atoms with Crippen LogP contribution in [-0.4, -0.2) is 80.7 Å². The fourth-order valence-electron chi connectivity index (χ4n) is 4.81. The van der Waals surface area contributed by atoms with Crippen LogP contribution in [-0.2, 0) is 27.2 Å². The van der Waals surface area contributed by atoms with Crippen LogP contribution in [0.4, 0.5) is 0 Å². The van der Waals surface area contributed by atoms with Gasteiger partial charge >= 0.3 is 7.12 Å². The Labute approximate surface area is 234 Å². The van der Waals surface area contributed by atoms with E-state index in [4.69, 9.17) is 5.73 Å². The van der Waals surface area contributed by atoms with Crippen molar-refractivity contribution in [2.75, 3.05) is 6.54 Å². The number of carbonyl (C=O) groups is 3. The number of nitrogens with zero attached hydrogens (tertiary/aromatic N) is 3. The monoisotopic (exact) mass is 549 g/mol. The molecule has 2 aromatic rings. The Balaban J connectivity index is 1.96. The fourth-order valence-corrected chi connectivity index (χ4v) is 4.81. The highest BCUT2D eigenvalue weighted by Gasteiger charge is 2.54. The predicted molar refractivity (Wildman–Crippen MR) is 151 cm³/mol. The van der Waals surface area contributed by atoms with Crippen molar-refractivity contribution in [3.63, 3.8) is 0 Å². The number of rotatable bonds is 13. The van der Waals surface area contributed by atoms with Crippen molar-refractivity contribution < 1.29 is 29.5 Å². The fraction of sp³-hybridized carbons (Fsp3) is 0.357. The molecule has 0 fully saturated rings.